The molecule has 1 aromatic carbocycles. The minimum atomic E-state index is -0.865. The summed E-state index contributed by atoms with van der Waals surface area (Å²) < 4.78 is 1.53. The lowest BCUT2D eigenvalue weighted by molar-refractivity contribution is 0.102. The number of benzene rings is 1. The smallest absolute Gasteiger partial charge is 0.259 e. The molecule has 1 aliphatic carbocycles. The molecule has 1 atom stereocenters. The van der Waals surface area contributed by atoms with E-state index in [2.05, 4.69) is 31.2 Å². The Labute approximate surface area is 162 Å². The van der Waals surface area contributed by atoms with E-state index in [1.165, 1.54) is 4.68 Å². The Balaban J connectivity index is 2.01. The van der Waals surface area contributed by atoms with Crippen molar-refractivity contribution in [2.45, 2.75) is 43.4 Å². The SMILES string of the molecule is CC1CC(C)(C)c2c(Cl)ccc(NC(=O)c3cn(C)nc3C(Cl)Cl)c21. The highest BCUT2D eigenvalue weighted by Gasteiger charge is 2.38. The summed E-state index contributed by atoms with van der Waals surface area (Å²) in [5, 5.41) is 7.90. The maximum Gasteiger partial charge on any atom is 0.259 e. The third-order valence-electron chi connectivity index (χ3n) is 4.74. The third-order valence-corrected chi connectivity index (χ3v) is 5.47. The number of nitrogens with zero attached hydrogens (tertiary/aromatic N) is 2. The predicted molar refractivity (Wildman–Crippen MR) is 103 cm³/mol. The minimum absolute atomic E-state index is 0.0244. The number of alkyl halides is 2. The molecule has 0 saturated heterocycles. The molecule has 4 nitrogen and oxygen atoms in total. The molecular formula is C18H20Cl3N3O. The van der Waals surface area contributed by atoms with Crippen molar-refractivity contribution in [2.24, 2.45) is 7.05 Å². The van der Waals surface area contributed by atoms with Gasteiger partial charge in [-0.1, -0.05) is 55.6 Å². The van der Waals surface area contributed by atoms with Crippen molar-refractivity contribution in [3.8, 4) is 0 Å². The molecule has 1 aromatic heterocycles. The number of hydrogen-bond acceptors (Lipinski definition) is 2. The zero-order chi connectivity index (χ0) is 18.5. The number of rotatable bonds is 3. The van der Waals surface area contributed by atoms with Crippen LogP contribution in [-0.2, 0) is 12.5 Å². The van der Waals surface area contributed by atoms with Gasteiger partial charge in [0.15, 0.2) is 4.84 Å². The molecule has 0 fully saturated rings. The number of aryl methyl sites for hydroxylation is 1. The van der Waals surface area contributed by atoms with Gasteiger partial charge in [0.2, 0.25) is 0 Å². The molecule has 2 aromatic rings. The van der Waals surface area contributed by atoms with Crippen molar-refractivity contribution >= 4 is 46.4 Å². The summed E-state index contributed by atoms with van der Waals surface area (Å²) in [6.45, 7) is 6.51. The summed E-state index contributed by atoms with van der Waals surface area (Å²) in [5.74, 6) is 0.0250. The van der Waals surface area contributed by atoms with Crippen LogP contribution < -0.4 is 5.32 Å². The number of halogens is 3. The van der Waals surface area contributed by atoms with E-state index in [1.54, 1.807) is 13.2 Å². The highest BCUT2D eigenvalue weighted by Crippen LogP contribution is 2.51. The first-order chi connectivity index (χ1) is 11.6. The number of carbonyl (C=O) groups excluding carboxylic acids is 1. The third kappa shape index (κ3) is 3.27. The fourth-order valence-corrected chi connectivity index (χ4v) is 4.65. The lowest BCUT2D eigenvalue weighted by atomic mass is 9.86. The van der Waals surface area contributed by atoms with Crippen LogP contribution in [-0.4, -0.2) is 15.7 Å². The fourth-order valence-electron chi connectivity index (χ4n) is 3.90. The highest BCUT2D eigenvalue weighted by atomic mass is 35.5. The van der Waals surface area contributed by atoms with Crippen molar-refractivity contribution < 1.29 is 4.79 Å². The quantitative estimate of drug-likeness (QED) is 0.683. The van der Waals surface area contributed by atoms with Crippen LogP contribution in [0.1, 0.15) is 65.1 Å². The number of hydrogen-bond donors (Lipinski definition) is 1. The Morgan fingerprint density at radius 2 is 2.08 bits per heavy atom. The van der Waals surface area contributed by atoms with Crippen molar-refractivity contribution in [1.29, 1.82) is 0 Å². The second-order valence-corrected chi connectivity index (χ2v) is 8.73. The Morgan fingerprint density at radius 1 is 1.40 bits per heavy atom. The Bertz CT molecular complexity index is 842. The van der Waals surface area contributed by atoms with Gasteiger partial charge in [0.05, 0.1) is 5.56 Å². The largest absolute Gasteiger partial charge is 0.322 e. The monoisotopic (exact) mass is 399 g/mol. The number of anilines is 1. The Morgan fingerprint density at radius 3 is 2.72 bits per heavy atom. The zero-order valence-corrected chi connectivity index (χ0v) is 16.8. The molecule has 1 aliphatic rings. The normalized spacial score (nSPS) is 18.5. The molecule has 0 aliphatic heterocycles. The number of nitrogens with one attached hydrogen (secondary N) is 1. The second-order valence-electron chi connectivity index (χ2n) is 7.23. The van der Waals surface area contributed by atoms with Gasteiger partial charge in [0.1, 0.15) is 5.69 Å². The van der Waals surface area contributed by atoms with E-state index in [4.69, 9.17) is 34.8 Å². The minimum Gasteiger partial charge on any atom is -0.322 e. The molecule has 3 rings (SSSR count). The lowest BCUT2D eigenvalue weighted by Gasteiger charge is -2.21. The molecule has 134 valence electrons. The van der Waals surface area contributed by atoms with Crippen LogP contribution in [0.3, 0.4) is 0 Å². The molecule has 25 heavy (non-hydrogen) atoms. The standard InChI is InChI=1S/C18H20Cl3N3O/c1-9-7-18(2,3)14-11(19)5-6-12(13(9)14)22-17(25)10-8-24(4)23-15(10)16(20)21/h5-6,8-9,16H,7H2,1-4H3,(H,22,25). The van der Waals surface area contributed by atoms with Crippen LogP contribution in [0.25, 0.3) is 0 Å². The first-order valence-corrected chi connectivity index (χ1v) is 9.33. The van der Waals surface area contributed by atoms with Crippen molar-refractivity contribution in [3.05, 3.63) is 45.7 Å². The van der Waals surface area contributed by atoms with Gasteiger partial charge in [-0.3, -0.25) is 9.48 Å². The molecule has 1 N–H and O–H groups in total. The molecule has 1 amide bonds. The molecule has 0 saturated carbocycles. The number of amides is 1. The average Bonchev–Trinajstić information content (AvgIpc) is 3.00. The van der Waals surface area contributed by atoms with E-state index in [1.807, 2.05) is 12.1 Å². The van der Waals surface area contributed by atoms with E-state index in [0.717, 1.165) is 28.3 Å². The van der Waals surface area contributed by atoms with E-state index >= 15 is 0 Å². The van der Waals surface area contributed by atoms with Crippen LogP contribution in [0.4, 0.5) is 5.69 Å². The average molecular weight is 401 g/mol. The predicted octanol–water partition coefficient (Wildman–Crippen LogP) is 5.59. The van der Waals surface area contributed by atoms with Crippen LogP contribution >= 0.6 is 34.8 Å². The summed E-state index contributed by atoms with van der Waals surface area (Å²) in [5.41, 5.74) is 3.68. The summed E-state index contributed by atoms with van der Waals surface area (Å²) in [4.78, 5) is 11.9. The number of aromatic nitrogens is 2. The van der Waals surface area contributed by atoms with E-state index in [-0.39, 0.29) is 11.3 Å². The molecule has 0 spiro atoms. The highest BCUT2D eigenvalue weighted by molar-refractivity contribution is 6.44. The molecule has 1 unspecified atom stereocenters. The Kier molecular flexibility index (Phi) is 4.82. The summed E-state index contributed by atoms with van der Waals surface area (Å²) in [6.07, 6.45) is 2.60. The van der Waals surface area contributed by atoms with Gasteiger partial charge < -0.3 is 5.32 Å². The molecule has 0 bridgehead atoms. The van der Waals surface area contributed by atoms with Crippen molar-refractivity contribution in [1.82, 2.24) is 9.78 Å². The van der Waals surface area contributed by atoms with E-state index in [9.17, 15) is 4.79 Å². The zero-order valence-electron chi connectivity index (χ0n) is 14.5. The van der Waals surface area contributed by atoms with E-state index in [0.29, 0.717) is 17.2 Å². The molecule has 1 heterocycles. The van der Waals surface area contributed by atoms with Crippen molar-refractivity contribution in [2.75, 3.05) is 5.32 Å². The van der Waals surface area contributed by atoms with Gasteiger partial charge in [-0.05, 0) is 41.0 Å². The van der Waals surface area contributed by atoms with Crippen LogP contribution in [0.15, 0.2) is 18.3 Å². The first-order valence-electron chi connectivity index (χ1n) is 8.07. The van der Waals surface area contributed by atoms with Crippen molar-refractivity contribution in [3.63, 3.8) is 0 Å². The molecule has 0 radical (unpaired) electrons. The molecular weight excluding hydrogens is 381 g/mol. The molecule has 7 heteroatoms. The summed E-state index contributed by atoms with van der Waals surface area (Å²) >= 11 is 18.3. The second kappa shape index (κ2) is 6.49. The van der Waals surface area contributed by atoms with Gasteiger partial charge >= 0.3 is 0 Å². The van der Waals surface area contributed by atoms with Gasteiger partial charge in [0.25, 0.3) is 5.91 Å². The van der Waals surface area contributed by atoms with Crippen LogP contribution in [0, 0.1) is 0 Å². The van der Waals surface area contributed by atoms with E-state index < -0.39 is 4.84 Å². The van der Waals surface area contributed by atoms with Gasteiger partial charge in [-0.15, -0.1) is 0 Å². The topological polar surface area (TPSA) is 46.9 Å². The summed E-state index contributed by atoms with van der Waals surface area (Å²) in [6, 6.07) is 3.69. The first kappa shape index (κ1) is 18.6. The van der Waals surface area contributed by atoms with Gasteiger partial charge in [0, 0.05) is 24.0 Å². The van der Waals surface area contributed by atoms with Gasteiger partial charge in [-0.25, -0.2) is 0 Å². The number of fused-ring (bicyclic) bond motifs is 1. The number of carbonyl (C=O) groups is 1. The van der Waals surface area contributed by atoms with Crippen LogP contribution in [0.5, 0.6) is 0 Å². The fraction of sp³-hybridized carbons (Fsp3) is 0.444. The van der Waals surface area contributed by atoms with Crippen LogP contribution in [0.2, 0.25) is 5.02 Å². The lowest BCUT2D eigenvalue weighted by Crippen LogP contribution is -2.16. The maximum absolute atomic E-state index is 12.8. The summed E-state index contributed by atoms with van der Waals surface area (Å²) in [7, 11) is 1.72. The van der Waals surface area contributed by atoms with Gasteiger partial charge in [-0.2, -0.15) is 5.10 Å². The maximum atomic E-state index is 12.8. The Hall–Kier alpha value is -1.23.